The summed E-state index contributed by atoms with van der Waals surface area (Å²) < 4.78 is 0. The Bertz CT molecular complexity index is 253. The number of carboxylic acids is 1. The molecule has 1 amide bonds. The molecule has 1 heterocycles. The van der Waals surface area contributed by atoms with Gasteiger partial charge in [-0.25, -0.2) is 4.79 Å². The number of hydrogen-bond donors (Lipinski definition) is 1. The summed E-state index contributed by atoms with van der Waals surface area (Å²) in [4.78, 5) is 23.5. The van der Waals surface area contributed by atoms with Crippen LogP contribution >= 0.6 is 0 Å². The molecule has 0 aromatic heterocycles. The number of amides is 1. The minimum Gasteiger partial charge on any atom is -0.478 e. The number of carbonyl (C=O) groups excluding carboxylic acids is 1. The second-order valence-electron chi connectivity index (χ2n) is 3.76. The van der Waals surface area contributed by atoms with Crippen LogP contribution in [0.3, 0.4) is 0 Å². The Balaban J connectivity index is 2.45. The molecule has 0 bridgehead atoms. The van der Waals surface area contributed by atoms with Gasteiger partial charge in [-0.15, -0.1) is 0 Å². The first kappa shape index (κ1) is 11.8. The van der Waals surface area contributed by atoms with Crippen LogP contribution in [0.2, 0.25) is 0 Å². The lowest BCUT2D eigenvalue weighted by molar-refractivity contribution is -0.132. The third kappa shape index (κ3) is 4.63. The Morgan fingerprint density at radius 2 is 1.47 bits per heavy atom. The summed E-state index contributed by atoms with van der Waals surface area (Å²) >= 11 is 0. The molecule has 0 aliphatic carbocycles. The van der Waals surface area contributed by atoms with E-state index in [4.69, 9.17) is 5.11 Å². The van der Waals surface area contributed by atoms with Crippen LogP contribution in [0.25, 0.3) is 0 Å². The number of hydrogen-bond acceptors (Lipinski definition) is 2. The van der Waals surface area contributed by atoms with Gasteiger partial charge in [0.05, 0.1) is 0 Å². The Morgan fingerprint density at radius 3 is 2.00 bits per heavy atom. The van der Waals surface area contributed by atoms with Crippen LogP contribution in [0.15, 0.2) is 12.2 Å². The lowest BCUT2D eigenvalue weighted by Gasteiger charge is -2.23. The normalized spacial score (nSPS) is 18.5. The van der Waals surface area contributed by atoms with Gasteiger partial charge in [0, 0.05) is 25.2 Å². The summed E-state index contributed by atoms with van der Waals surface area (Å²) in [6.45, 7) is 1.51. The SMILES string of the molecule is O=C(O)/C=C/C(=O)N1CCCCCCC1. The molecule has 1 aliphatic heterocycles. The third-order valence-corrected chi connectivity index (χ3v) is 2.54. The molecular weight excluding hydrogens is 194 g/mol. The number of likely N-dealkylation sites (tertiary alicyclic amines) is 1. The van der Waals surface area contributed by atoms with Crippen molar-refractivity contribution in [3.8, 4) is 0 Å². The molecule has 1 fully saturated rings. The van der Waals surface area contributed by atoms with E-state index in [9.17, 15) is 9.59 Å². The van der Waals surface area contributed by atoms with Gasteiger partial charge < -0.3 is 10.0 Å². The van der Waals surface area contributed by atoms with Crippen LogP contribution in [0, 0.1) is 0 Å². The number of carboxylic acid groups (broad SMARTS) is 1. The molecule has 4 nitrogen and oxygen atoms in total. The van der Waals surface area contributed by atoms with Crippen molar-refractivity contribution >= 4 is 11.9 Å². The Hall–Kier alpha value is -1.32. The smallest absolute Gasteiger partial charge is 0.328 e. The minimum absolute atomic E-state index is 0.181. The fourth-order valence-electron chi connectivity index (χ4n) is 1.72. The fraction of sp³-hybridized carbons (Fsp3) is 0.636. The maximum Gasteiger partial charge on any atom is 0.328 e. The van der Waals surface area contributed by atoms with E-state index in [-0.39, 0.29) is 5.91 Å². The summed E-state index contributed by atoms with van der Waals surface area (Å²) in [6.07, 6.45) is 7.65. The largest absolute Gasteiger partial charge is 0.478 e. The van der Waals surface area contributed by atoms with Gasteiger partial charge in [-0.3, -0.25) is 4.79 Å². The van der Waals surface area contributed by atoms with Gasteiger partial charge in [0.2, 0.25) is 5.91 Å². The van der Waals surface area contributed by atoms with E-state index in [1.54, 1.807) is 4.90 Å². The van der Waals surface area contributed by atoms with Gasteiger partial charge in [0.25, 0.3) is 0 Å². The molecule has 0 spiro atoms. The quantitative estimate of drug-likeness (QED) is 0.703. The molecule has 0 radical (unpaired) electrons. The van der Waals surface area contributed by atoms with E-state index in [0.717, 1.165) is 50.9 Å². The van der Waals surface area contributed by atoms with Gasteiger partial charge in [-0.1, -0.05) is 19.3 Å². The van der Waals surface area contributed by atoms with Crippen LogP contribution in [0.4, 0.5) is 0 Å². The topological polar surface area (TPSA) is 57.6 Å². The third-order valence-electron chi connectivity index (χ3n) is 2.54. The first-order chi connectivity index (χ1) is 7.20. The average molecular weight is 211 g/mol. The Morgan fingerprint density at radius 1 is 0.933 bits per heavy atom. The second kappa shape index (κ2) is 6.22. The highest BCUT2D eigenvalue weighted by Gasteiger charge is 2.11. The number of carbonyl (C=O) groups is 2. The summed E-state index contributed by atoms with van der Waals surface area (Å²) in [5, 5.41) is 8.40. The summed E-state index contributed by atoms with van der Waals surface area (Å²) in [7, 11) is 0. The summed E-state index contributed by atoms with van der Waals surface area (Å²) in [5.41, 5.74) is 0. The van der Waals surface area contributed by atoms with Crippen molar-refractivity contribution in [3.63, 3.8) is 0 Å². The van der Waals surface area contributed by atoms with Crippen LogP contribution in [-0.2, 0) is 9.59 Å². The van der Waals surface area contributed by atoms with Gasteiger partial charge in [-0.05, 0) is 12.8 Å². The van der Waals surface area contributed by atoms with E-state index in [0.29, 0.717) is 0 Å². The van der Waals surface area contributed by atoms with Gasteiger partial charge in [-0.2, -0.15) is 0 Å². The lowest BCUT2D eigenvalue weighted by atomic mass is 10.1. The average Bonchev–Trinajstić information content (AvgIpc) is 2.13. The molecule has 0 atom stereocenters. The maximum atomic E-state index is 11.5. The predicted octanol–water partition coefficient (Wildman–Crippen LogP) is 1.42. The Labute approximate surface area is 89.6 Å². The highest BCUT2D eigenvalue weighted by molar-refractivity contribution is 5.93. The number of rotatable bonds is 2. The molecule has 1 saturated heterocycles. The van der Waals surface area contributed by atoms with Crippen molar-refractivity contribution in [3.05, 3.63) is 12.2 Å². The van der Waals surface area contributed by atoms with Crippen LogP contribution in [0.1, 0.15) is 32.1 Å². The standard InChI is InChI=1S/C11H17NO3/c13-10(6-7-11(14)15)12-8-4-2-1-3-5-9-12/h6-7H,1-5,8-9H2,(H,14,15)/b7-6+. The molecule has 0 aromatic carbocycles. The van der Waals surface area contributed by atoms with Crippen LogP contribution < -0.4 is 0 Å². The van der Waals surface area contributed by atoms with Crippen molar-refractivity contribution in [1.82, 2.24) is 4.90 Å². The molecule has 0 saturated carbocycles. The van der Waals surface area contributed by atoms with Gasteiger partial charge in [0.1, 0.15) is 0 Å². The molecular formula is C11H17NO3. The van der Waals surface area contributed by atoms with E-state index in [1.165, 1.54) is 6.42 Å². The van der Waals surface area contributed by atoms with E-state index >= 15 is 0 Å². The van der Waals surface area contributed by atoms with Crippen LogP contribution in [0.5, 0.6) is 0 Å². The number of nitrogens with zero attached hydrogens (tertiary/aromatic N) is 1. The van der Waals surface area contributed by atoms with Crippen LogP contribution in [-0.4, -0.2) is 35.0 Å². The zero-order valence-corrected chi connectivity index (χ0v) is 8.82. The molecule has 1 N–H and O–H groups in total. The van der Waals surface area contributed by atoms with Crippen molar-refractivity contribution in [2.45, 2.75) is 32.1 Å². The lowest BCUT2D eigenvalue weighted by Crippen LogP contribution is -2.32. The maximum absolute atomic E-state index is 11.5. The molecule has 4 heteroatoms. The monoisotopic (exact) mass is 211 g/mol. The summed E-state index contributed by atoms with van der Waals surface area (Å²) in [5.74, 6) is -1.25. The zero-order valence-electron chi connectivity index (χ0n) is 8.82. The van der Waals surface area contributed by atoms with Crippen molar-refractivity contribution < 1.29 is 14.7 Å². The van der Waals surface area contributed by atoms with E-state index in [2.05, 4.69) is 0 Å². The molecule has 0 aromatic rings. The second-order valence-corrected chi connectivity index (χ2v) is 3.76. The highest BCUT2D eigenvalue weighted by atomic mass is 16.4. The highest BCUT2D eigenvalue weighted by Crippen LogP contribution is 2.10. The predicted molar refractivity (Wildman–Crippen MR) is 56.4 cm³/mol. The minimum atomic E-state index is -1.07. The number of aliphatic carboxylic acids is 1. The molecule has 15 heavy (non-hydrogen) atoms. The zero-order chi connectivity index (χ0) is 11.1. The van der Waals surface area contributed by atoms with Crippen molar-refractivity contribution in [1.29, 1.82) is 0 Å². The first-order valence-corrected chi connectivity index (χ1v) is 5.40. The molecule has 0 unspecified atom stereocenters. The van der Waals surface area contributed by atoms with E-state index in [1.807, 2.05) is 0 Å². The molecule has 84 valence electrons. The first-order valence-electron chi connectivity index (χ1n) is 5.40. The van der Waals surface area contributed by atoms with Gasteiger partial charge >= 0.3 is 5.97 Å². The van der Waals surface area contributed by atoms with Gasteiger partial charge in [0.15, 0.2) is 0 Å². The van der Waals surface area contributed by atoms with Crippen molar-refractivity contribution in [2.24, 2.45) is 0 Å². The fourth-order valence-corrected chi connectivity index (χ4v) is 1.72. The van der Waals surface area contributed by atoms with Crippen molar-refractivity contribution in [2.75, 3.05) is 13.1 Å². The molecule has 1 rings (SSSR count). The van der Waals surface area contributed by atoms with E-state index < -0.39 is 5.97 Å². The Kier molecular flexibility index (Phi) is 4.87. The molecule has 1 aliphatic rings. The summed E-state index contributed by atoms with van der Waals surface area (Å²) in [6, 6.07) is 0.